The fourth-order valence-electron chi connectivity index (χ4n) is 0.661. The van der Waals surface area contributed by atoms with Gasteiger partial charge in [0, 0.05) is 13.1 Å². The van der Waals surface area contributed by atoms with Gasteiger partial charge in [-0.05, 0) is 11.6 Å². The maximum Gasteiger partial charge on any atom is 0.328 e. The molecule has 64 valence electrons. The molecule has 0 bridgehead atoms. The van der Waals surface area contributed by atoms with E-state index in [9.17, 15) is 14.4 Å². The number of nitrogens with zero attached hydrogens (tertiary/aromatic N) is 1. The highest BCUT2D eigenvalue weighted by atomic mass is 35.5. The molecule has 0 aliphatic carbocycles. The molecule has 0 aromatic carbocycles. The SMILES string of the molecule is Cn1c(=O)cc(C(=O)Cl)[nH]c1=O. The maximum absolute atomic E-state index is 10.9. The lowest BCUT2D eigenvalue weighted by Crippen LogP contribution is -2.33. The zero-order valence-electron chi connectivity index (χ0n) is 6.13. The van der Waals surface area contributed by atoms with Crippen LogP contribution in [0.2, 0.25) is 0 Å². The standard InChI is InChI=1S/C6H5ClN2O3/c1-9-4(10)2-3(5(7)11)8-6(9)12/h2H,1H3,(H,8,12). The topological polar surface area (TPSA) is 71.9 Å². The smallest absolute Gasteiger partial charge is 0.303 e. The number of nitrogens with one attached hydrogen (secondary N) is 1. The highest BCUT2D eigenvalue weighted by Gasteiger charge is 2.05. The molecule has 5 nitrogen and oxygen atoms in total. The van der Waals surface area contributed by atoms with E-state index < -0.39 is 16.5 Å². The van der Waals surface area contributed by atoms with Crippen molar-refractivity contribution in [2.75, 3.05) is 0 Å². The summed E-state index contributed by atoms with van der Waals surface area (Å²) >= 11 is 5.04. The van der Waals surface area contributed by atoms with Crippen LogP contribution in [0.3, 0.4) is 0 Å². The molecule has 1 heterocycles. The van der Waals surface area contributed by atoms with Crippen molar-refractivity contribution >= 4 is 16.8 Å². The molecule has 1 aromatic rings. The number of carbonyl (C=O) groups excluding carboxylic acids is 1. The van der Waals surface area contributed by atoms with Crippen LogP contribution in [-0.2, 0) is 7.05 Å². The predicted octanol–water partition coefficient (Wildman–Crippen LogP) is -0.547. The molecule has 0 amide bonds. The molecule has 0 aliphatic rings. The molecule has 1 aromatic heterocycles. The summed E-state index contributed by atoms with van der Waals surface area (Å²) in [5, 5.41) is -0.857. The van der Waals surface area contributed by atoms with E-state index in [0.717, 1.165) is 10.6 Å². The third kappa shape index (κ3) is 1.45. The van der Waals surface area contributed by atoms with Crippen LogP contribution in [0.5, 0.6) is 0 Å². The van der Waals surface area contributed by atoms with Gasteiger partial charge in [0.25, 0.3) is 10.8 Å². The van der Waals surface area contributed by atoms with Crippen LogP contribution in [-0.4, -0.2) is 14.8 Å². The first-order valence-electron chi connectivity index (χ1n) is 3.02. The molecule has 1 N–H and O–H groups in total. The summed E-state index contributed by atoms with van der Waals surface area (Å²) in [5.74, 6) is 0. The van der Waals surface area contributed by atoms with Gasteiger partial charge < -0.3 is 4.98 Å². The number of hydrogen-bond donors (Lipinski definition) is 1. The van der Waals surface area contributed by atoms with Crippen LogP contribution in [0.15, 0.2) is 15.7 Å². The van der Waals surface area contributed by atoms with Gasteiger partial charge in [0.05, 0.1) is 0 Å². The van der Waals surface area contributed by atoms with Crippen LogP contribution in [0, 0.1) is 0 Å². The summed E-state index contributed by atoms with van der Waals surface area (Å²) < 4.78 is 0.837. The zero-order valence-corrected chi connectivity index (χ0v) is 6.88. The molecule has 0 aliphatic heterocycles. The Hall–Kier alpha value is -1.36. The molecule has 0 saturated carbocycles. The number of hydrogen-bond acceptors (Lipinski definition) is 3. The van der Waals surface area contributed by atoms with E-state index in [1.807, 2.05) is 0 Å². The van der Waals surface area contributed by atoms with Crippen LogP contribution >= 0.6 is 11.6 Å². The number of aromatic amines is 1. The van der Waals surface area contributed by atoms with Gasteiger partial charge in [-0.1, -0.05) is 0 Å². The van der Waals surface area contributed by atoms with Crippen molar-refractivity contribution < 1.29 is 4.79 Å². The molecule has 1 rings (SSSR count). The largest absolute Gasteiger partial charge is 0.328 e. The highest BCUT2D eigenvalue weighted by Crippen LogP contribution is 1.91. The van der Waals surface area contributed by atoms with Crippen molar-refractivity contribution in [3.05, 3.63) is 32.6 Å². The Bertz CT molecular complexity index is 400. The van der Waals surface area contributed by atoms with E-state index in [1.165, 1.54) is 7.05 Å². The second kappa shape index (κ2) is 2.94. The third-order valence-corrected chi connectivity index (χ3v) is 1.56. The van der Waals surface area contributed by atoms with E-state index in [-0.39, 0.29) is 5.69 Å². The second-order valence-electron chi connectivity index (χ2n) is 2.16. The summed E-state index contributed by atoms with van der Waals surface area (Å²) in [6.07, 6.45) is 0. The second-order valence-corrected chi connectivity index (χ2v) is 2.50. The summed E-state index contributed by atoms with van der Waals surface area (Å²) in [4.78, 5) is 34.4. The average Bonchev–Trinajstić information content (AvgIpc) is 1.99. The fourth-order valence-corrected chi connectivity index (χ4v) is 0.763. The molecule has 12 heavy (non-hydrogen) atoms. The van der Waals surface area contributed by atoms with Gasteiger partial charge in [0.15, 0.2) is 0 Å². The number of halogens is 1. The molecule has 0 radical (unpaired) electrons. The van der Waals surface area contributed by atoms with E-state index in [2.05, 4.69) is 4.98 Å². The molecule has 6 heteroatoms. The quantitative estimate of drug-likeness (QED) is 0.602. The minimum absolute atomic E-state index is 0.190. The molecule has 0 fully saturated rings. The Kier molecular flexibility index (Phi) is 2.14. The fraction of sp³-hybridized carbons (Fsp3) is 0.167. The minimum atomic E-state index is -0.857. The van der Waals surface area contributed by atoms with Crippen molar-refractivity contribution in [3.63, 3.8) is 0 Å². The summed E-state index contributed by atoms with van der Waals surface area (Å²) in [6.45, 7) is 0. The van der Waals surface area contributed by atoms with Gasteiger partial charge in [-0.2, -0.15) is 0 Å². The van der Waals surface area contributed by atoms with Gasteiger partial charge in [-0.3, -0.25) is 14.2 Å². The first kappa shape index (κ1) is 8.73. The Labute approximate surface area is 71.6 Å². The first-order valence-corrected chi connectivity index (χ1v) is 3.40. The van der Waals surface area contributed by atoms with Gasteiger partial charge in [-0.15, -0.1) is 0 Å². The van der Waals surface area contributed by atoms with Crippen molar-refractivity contribution in [2.45, 2.75) is 0 Å². The highest BCUT2D eigenvalue weighted by molar-refractivity contribution is 6.67. The molecular formula is C6H5ClN2O3. The van der Waals surface area contributed by atoms with E-state index >= 15 is 0 Å². The molecule has 0 atom stereocenters. The number of aromatic nitrogens is 2. The van der Waals surface area contributed by atoms with E-state index in [4.69, 9.17) is 11.6 Å². The summed E-state index contributed by atoms with van der Waals surface area (Å²) in [6, 6.07) is 0.969. The Morgan fingerprint density at radius 3 is 2.58 bits per heavy atom. The van der Waals surface area contributed by atoms with E-state index in [1.54, 1.807) is 0 Å². The van der Waals surface area contributed by atoms with Gasteiger partial charge in [0.2, 0.25) is 0 Å². The number of rotatable bonds is 1. The molecular weight excluding hydrogens is 184 g/mol. The van der Waals surface area contributed by atoms with Gasteiger partial charge in [0.1, 0.15) is 5.69 Å². The van der Waals surface area contributed by atoms with Crippen molar-refractivity contribution in [3.8, 4) is 0 Å². The monoisotopic (exact) mass is 188 g/mol. The lowest BCUT2D eigenvalue weighted by atomic mass is 10.4. The predicted molar refractivity (Wildman–Crippen MR) is 42.5 cm³/mol. The molecule has 0 unspecified atom stereocenters. The van der Waals surface area contributed by atoms with Crippen molar-refractivity contribution in [1.29, 1.82) is 0 Å². The van der Waals surface area contributed by atoms with Crippen LogP contribution < -0.4 is 11.2 Å². The normalized spacial score (nSPS) is 9.83. The number of H-pyrrole nitrogens is 1. The average molecular weight is 189 g/mol. The first-order chi connectivity index (χ1) is 5.52. The minimum Gasteiger partial charge on any atom is -0.303 e. The Balaban J connectivity index is 3.52. The van der Waals surface area contributed by atoms with Crippen LogP contribution in [0.1, 0.15) is 10.5 Å². The number of carbonyl (C=O) groups is 1. The van der Waals surface area contributed by atoms with Crippen LogP contribution in [0.25, 0.3) is 0 Å². The zero-order chi connectivity index (χ0) is 9.30. The molecule has 0 saturated heterocycles. The van der Waals surface area contributed by atoms with Crippen molar-refractivity contribution in [1.82, 2.24) is 9.55 Å². The third-order valence-electron chi connectivity index (χ3n) is 1.36. The van der Waals surface area contributed by atoms with Crippen LogP contribution in [0.4, 0.5) is 0 Å². The lowest BCUT2D eigenvalue weighted by molar-refractivity contribution is 0.107. The van der Waals surface area contributed by atoms with Gasteiger partial charge >= 0.3 is 5.69 Å². The van der Waals surface area contributed by atoms with Crippen molar-refractivity contribution in [2.24, 2.45) is 7.05 Å². The Morgan fingerprint density at radius 1 is 1.58 bits per heavy atom. The van der Waals surface area contributed by atoms with E-state index in [0.29, 0.717) is 0 Å². The molecule has 0 spiro atoms. The maximum atomic E-state index is 10.9. The summed E-state index contributed by atoms with van der Waals surface area (Å²) in [5.41, 5.74) is -1.42. The lowest BCUT2D eigenvalue weighted by Gasteiger charge is -1.95. The Morgan fingerprint density at radius 2 is 2.17 bits per heavy atom. The summed E-state index contributed by atoms with van der Waals surface area (Å²) in [7, 11) is 1.30. The van der Waals surface area contributed by atoms with Gasteiger partial charge in [-0.25, -0.2) is 4.79 Å².